The second-order valence-corrected chi connectivity index (χ2v) is 5.18. The molecule has 1 nitrogen and oxygen atoms in total. The maximum Gasteiger partial charge on any atom is 0.126 e. The fraction of sp³-hybridized carbons (Fsp3) is 0.250. The van der Waals surface area contributed by atoms with Crippen molar-refractivity contribution in [1.29, 1.82) is 0 Å². The Balaban J connectivity index is 2.28. The zero-order chi connectivity index (χ0) is 14.0. The van der Waals surface area contributed by atoms with Crippen LogP contribution in [0.15, 0.2) is 36.4 Å². The van der Waals surface area contributed by atoms with E-state index in [1.54, 1.807) is 18.2 Å². The fourth-order valence-electron chi connectivity index (χ4n) is 2.04. The monoisotopic (exact) mass is 278 g/mol. The molecule has 0 radical (unpaired) electrons. The predicted molar refractivity (Wildman–Crippen MR) is 76.0 cm³/mol. The van der Waals surface area contributed by atoms with Crippen molar-refractivity contribution in [2.24, 2.45) is 0 Å². The summed E-state index contributed by atoms with van der Waals surface area (Å²) in [5.74, 6) is -0.304. The van der Waals surface area contributed by atoms with Crippen molar-refractivity contribution >= 4 is 11.6 Å². The van der Waals surface area contributed by atoms with Crippen LogP contribution in [0, 0.1) is 19.7 Å². The first-order valence-electron chi connectivity index (χ1n) is 6.17. The minimum absolute atomic E-state index is 0.217. The number of benzene rings is 2. The molecule has 0 fully saturated rings. The quantitative estimate of drug-likeness (QED) is 0.884. The summed E-state index contributed by atoms with van der Waals surface area (Å²) in [6, 6.07) is 10.2. The van der Waals surface area contributed by atoms with Crippen LogP contribution in [0.1, 0.15) is 28.4 Å². The van der Waals surface area contributed by atoms with Crippen molar-refractivity contribution in [3.05, 3.63) is 69.5 Å². The third-order valence-electron chi connectivity index (χ3n) is 3.34. The van der Waals surface area contributed by atoms with Gasteiger partial charge in [0, 0.05) is 11.4 Å². The standard InChI is InChI=1S/C16H16ClFO/c1-10-7-13(14(17)8-11(10)2)16(19)9-12-5-3-4-6-15(12)18/h3-8,16,19H,9H2,1-2H3. The number of aryl methyl sites for hydroxylation is 2. The topological polar surface area (TPSA) is 20.2 Å². The summed E-state index contributed by atoms with van der Waals surface area (Å²) in [4.78, 5) is 0. The summed E-state index contributed by atoms with van der Waals surface area (Å²) in [5, 5.41) is 10.8. The lowest BCUT2D eigenvalue weighted by atomic mass is 9.98. The van der Waals surface area contributed by atoms with Crippen LogP contribution in [-0.4, -0.2) is 5.11 Å². The number of aliphatic hydroxyl groups excluding tert-OH is 1. The van der Waals surface area contributed by atoms with Gasteiger partial charge in [-0.25, -0.2) is 4.39 Å². The van der Waals surface area contributed by atoms with Gasteiger partial charge in [-0.15, -0.1) is 0 Å². The second-order valence-electron chi connectivity index (χ2n) is 4.77. The van der Waals surface area contributed by atoms with E-state index >= 15 is 0 Å². The lowest BCUT2D eigenvalue weighted by Gasteiger charge is -2.15. The van der Waals surface area contributed by atoms with Gasteiger partial charge in [-0.3, -0.25) is 0 Å². The van der Waals surface area contributed by atoms with Crippen LogP contribution < -0.4 is 0 Å². The van der Waals surface area contributed by atoms with E-state index in [0.717, 1.165) is 11.1 Å². The van der Waals surface area contributed by atoms with Crippen molar-refractivity contribution in [2.75, 3.05) is 0 Å². The molecular weight excluding hydrogens is 263 g/mol. The Morgan fingerprint density at radius 2 is 1.79 bits per heavy atom. The summed E-state index contributed by atoms with van der Waals surface area (Å²) in [6.45, 7) is 3.93. The molecule has 1 N–H and O–H groups in total. The van der Waals surface area contributed by atoms with Crippen LogP contribution in [0.2, 0.25) is 5.02 Å². The lowest BCUT2D eigenvalue weighted by molar-refractivity contribution is 0.177. The summed E-state index contributed by atoms with van der Waals surface area (Å²) >= 11 is 6.15. The molecule has 1 atom stereocenters. The van der Waals surface area contributed by atoms with Gasteiger partial charge in [-0.2, -0.15) is 0 Å². The van der Waals surface area contributed by atoms with Crippen molar-refractivity contribution in [2.45, 2.75) is 26.4 Å². The molecule has 0 spiro atoms. The number of aliphatic hydroxyl groups is 1. The molecule has 19 heavy (non-hydrogen) atoms. The molecule has 0 bridgehead atoms. The molecule has 2 aromatic rings. The van der Waals surface area contributed by atoms with E-state index in [1.807, 2.05) is 26.0 Å². The van der Waals surface area contributed by atoms with Crippen LogP contribution in [0.3, 0.4) is 0 Å². The van der Waals surface area contributed by atoms with E-state index in [2.05, 4.69) is 0 Å². The summed E-state index contributed by atoms with van der Waals surface area (Å²) < 4.78 is 13.6. The highest BCUT2D eigenvalue weighted by atomic mass is 35.5. The van der Waals surface area contributed by atoms with E-state index in [-0.39, 0.29) is 12.2 Å². The SMILES string of the molecule is Cc1cc(Cl)c(C(O)Cc2ccccc2F)cc1C. The van der Waals surface area contributed by atoms with Crippen molar-refractivity contribution in [3.63, 3.8) is 0 Å². The zero-order valence-electron chi connectivity index (χ0n) is 11.0. The molecule has 0 aliphatic heterocycles. The first-order chi connectivity index (χ1) is 8.99. The van der Waals surface area contributed by atoms with E-state index in [1.165, 1.54) is 6.07 Å². The van der Waals surface area contributed by atoms with Gasteiger partial charge in [0.25, 0.3) is 0 Å². The van der Waals surface area contributed by atoms with E-state index in [9.17, 15) is 9.50 Å². The summed E-state index contributed by atoms with van der Waals surface area (Å²) in [6.07, 6.45) is -0.585. The third kappa shape index (κ3) is 3.14. The van der Waals surface area contributed by atoms with Crippen molar-refractivity contribution in [3.8, 4) is 0 Å². The van der Waals surface area contributed by atoms with Crippen LogP contribution in [0.5, 0.6) is 0 Å². The van der Waals surface area contributed by atoms with Crippen molar-refractivity contribution < 1.29 is 9.50 Å². The highest BCUT2D eigenvalue weighted by molar-refractivity contribution is 6.31. The Bertz CT molecular complexity index is 595. The second kappa shape index (κ2) is 5.72. The Morgan fingerprint density at radius 1 is 1.16 bits per heavy atom. The summed E-state index contributed by atoms with van der Waals surface area (Å²) in [5.41, 5.74) is 3.27. The molecule has 0 saturated heterocycles. The molecule has 100 valence electrons. The molecule has 0 heterocycles. The van der Waals surface area contributed by atoms with Crippen LogP contribution in [0.25, 0.3) is 0 Å². The lowest BCUT2D eigenvalue weighted by Crippen LogP contribution is -2.05. The first-order valence-corrected chi connectivity index (χ1v) is 6.55. The van der Waals surface area contributed by atoms with Gasteiger partial charge in [-0.1, -0.05) is 35.9 Å². The predicted octanol–water partition coefficient (Wildman–Crippen LogP) is 4.37. The summed E-state index contributed by atoms with van der Waals surface area (Å²) in [7, 11) is 0. The molecule has 0 amide bonds. The molecule has 3 heteroatoms. The highest BCUT2D eigenvalue weighted by Crippen LogP contribution is 2.29. The van der Waals surface area contributed by atoms with Crippen LogP contribution in [-0.2, 0) is 6.42 Å². The molecule has 1 unspecified atom stereocenters. The minimum Gasteiger partial charge on any atom is -0.388 e. The van der Waals surface area contributed by atoms with Gasteiger partial charge in [0.1, 0.15) is 5.82 Å². The Kier molecular flexibility index (Phi) is 4.23. The zero-order valence-corrected chi connectivity index (χ0v) is 11.7. The number of hydrogen-bond acceptors (Lipinski definition) is 1. The average Bonchev–Trinajstić information content (AvgIpc) is 2.36. The number of halogens is 2. The van der Waals surface area contributed by atoms with Gasteiger partial charge < -0.3 is 5.11 Å². The molecule has 2 rings (SSSR count). The maximum atomic E-state index is 13.6. The molecule has 0 saturated carbocycles. The maximum absolute atomic E-state index is 13.6. The van der Waals surface area contributed by atoms with Crippen molar-refractivity contribution in [1.82, 2.24) is 0 Å². The molecule has 0 aromatic heterocycles. The minimum atomic E-state index is -0.802. The molecule has 0 aliphatic rings. The fourth-order valence-corrected chi connectivity index (χ4v) is 2.39. The van der Waals surface area contributed by atoms with E-state index in [4.69, 9.17) is 11.6 Å². The first kappa shape index (κ1) is 14.0. The number of hydrogen-bond donors (Lipinski definition) is 1. The van der Waals surface area contributed by atoms with Crippen LogP contribution >= 0.6 is 11.6 Å². The van der Waals surface area contributed by atoms with Crippen LogP contribution in [0.4, 0.5) is 4.39 Å². The average molecular weight is 279 g/mol. The van der Waals surface area contributed by atoms with Gasteiger partial charge >= 0.3 is 0 Å². The highest BCUT2D eigenvalue weighted by Gasteiger charge is 2.15. The normalized spacial score (nSPS) is 12.5. The largest absolute Gasteiger partial charge is 0.388 e. The number of rotatable bonds is 3. The Hall–Kier alpha value is -1.38. The van der Waals surface area contributed by atoms with Gasteiger partial charge in [0.2, 0.25) is 0 Å². The molecular formula is C16H16ClFO. The Morgan fingerprint density at radius 3 is 2.47 bits per heavy atom. The molecule has 2 aromatic carbocycles. The smallest absolute Gasteiger partial charge is 0.126 e. The van der Waals surface area contributed by atoms with Gasteiger partial charge in [0.05, 0.1) is 6.10 Å². The van der Waals surface area contributed by atoms with Gasteiger partial charge in [-0.05, 0) is 48.2 Å². The van der Waals surface area contributed by atoms with E-state index in [0.29, 0.717) is 16.1 Å². The molecule has 0 aliphatic carbocycles. The third-order valence-corrected chi connectivity index (χ3v) is 3.67. The van der Waals surface area contributed by atoms with Gasteiger partial charge in [0.15, 0.2) is 0 Å². The Labute approximate surface area is 117 Å². The van der Waals surface area contributed by atoms with E-state index < -0.39 is 6.10 Å².